The number of hydrogen-bond acceptors (Lipinski definition) is 7. The highest BCUT2D eigenvalue weighted by Crippen LogP contribution is 2.20. The molecule has 154 valence electrons. The van der Waals surface area contributed by atoms with Gasteiger partial charge in [-0.15, -0.1) is 0 Å². The lowest BCUT2D eigenvalue weighted by atomic mass is 10.3. The van der Waals surface area contributed by atoms with Gasteiger partial charge in [0.25, 0.3) is 5.91 Å². The molecule has 1 aliphatic heterocycles. The molecule has 1 amide bonds. The molecule has 29 heavy (non-hydrogen) atoms. The number of rotatable bonds is 6. The van der Waals surface area contributed by atoms with Gasteiger partial charge >= 0.3 is 5.97 Å². The molecule has 11 heteroatoms. The van der Waals surface area contributed by atoms with Gasteiger partial charge in [0.15, 0.2) is 6.61 Å². The van der Waals surface area contributed by atoms with E-state index >= 15 is 0 Å². The normalized spacial score (nSPS) is 14.9. The van der Waals surface area contributed by atoms with Gasteiger partial charge in [-0.25, -0.2) is 13.2 Å². The summed E-state index contributed by atoms with van der Waals surface area (Å²) < 4.78 is 36.7. The minimum absolute atomic E-state index is 0.0439. The maximum absolute atomic E-state index is 12.7. The summed E-state index contributed by atoms with van der Waals surface area (Å²) in [6.07, 6.45) is 1.18. The van der Waals surface area contributed by atoms with Crippen LogP contribution < -0.4 is 10.9 Å². The van der Waals surface area contributed by atoms with Crippen molar-refractivity contribution in [2.45, 2.75) is 4.90 Å². The largest absolute Gasteiger partial charge is 0.452 e. The SMILES string of the molecule is O=C(COC(=O)c1ccc(=O)[nH]c1)Nc1cccc(S(=O)(=O)N2CCOCC2)c1. The quantitative estimate of drug-likeness (QED) is 0.636. The number of nitrogens with zero attached hydrogens (tertiary/aromatic N) is 1. The Morgan fingerprint density at radius 1 is 1.17 bits per heavy atom. The third kappa shape index (κ3) is 5.28. The van der Waals surface area contributed by atoms with E-state index in [2.05, 4.69) is 10.3 Å². The fourth-order valence-corrected chi connectivity index (χ4v) is 4.07. The third-order valence-electron chi connectivity index (χ3n) is 4.08. The van der Waals surface area contributed by atoms with Crippen LogP contribution in [-0.4, -0.2) is 62.5 Å². The van der Waals surface area contributed by atoms with Crippen LogP contribution in [0.5, 0.6) is 0 Å². The number of benzene rings is 1. The summed E-state index contributed by atoms with van der Waals surface area (Å²) in [5, 5.41) is 2.49. The van der Waals surface area contributed by atoms with E-state index in [1.165, 1.54) is 40.8 Å². The Hall–Kier alpha value is -3.02. The Morgan fingerprint density at radius 2 is 1.93 bits per heavy atom. The van der Waals surface area contributed by atoms with Crippen LogP contribution in [0, 0.1) is 0 Å². The molecule has 2 heterocycles. The molecular formula is C18H19N3O7S. The first kappa shape index (κ1) is 20.7. The van der Waals surface area contributed by atoms with Gasteiger partial charge in [-0.3, -0.25) is 9.59 Å². The first-order chi connectivity index (χ1) is 13.9. The van der Waals surface area contributed by atoms with Crippen LogP contribution in [0.1, 0.15) is 10.4 Å². The van der Waals surface area contributed by atoms with Gasteiger partial charge in [-0.05, 0) is 24.3 Å². The van der Waals surface area contributed by atoms with Gasteiger partial charge in [0.1, 0.15) is 0 Å². The highest BCUT2D eigenvalue weighted by molar-refractivity contribution is 7.89. The van der Waals surface area contributed by atoms with Crippen molar-refractivity contribution in [2.24, 2.45) is 0 Å². The zero-order valence-electron chi connectivity index (χ0n) is 15.3. The van der Waals surface area contributed by atoms with Crippen LogP contribution >= 0.6 is 0 Å². The van der Waals surface area contributed by atoms with E-state index < -0.39 is 28.5 Å². The number of sulfonamides is 1. The van der Waals surface area contributed by atoms with Crippen molar-refractivity contribution in [1.29, 1.82) is 0 Å². The molecule has 0 saturated carbocycles. The molecule has 1 fully saturated rings. The van der Waals surface area contributed by atoms with E-state index in [4.69, 9.17) is 9.47 Å². The molecule has 0 aliphatic carbocycles. The summed E-state index contributed by atoms with van der Waals surface area (Å²) in [5.74, 6) is -1.41. The predicted molar refractivity (Wildman–Crippen MR) is 102 cm³/mol. The summed E-state index contributed by atoms with van der Waals surface area (Å²) in [7, 11) is -3.70. The summed E-state index contributed by atoms with van der Waals surface area (Å²) in [6, 6.07) is 8.26. The van der Waals surface area contributed by atoms with E-state index in [1.807, 2.05) is 0 Å². The van der Waals surface area contributed by atoms with Gasteiger partial charge in [0, 0.05) is 31.0 Å². The van der Waals surface area contributed by atoms with Crippen molar-refractivity contribution < 1.29 is 27.5 Å². The van der Waals surface area contributed by atoms with Crippen LogP contribution in [0.25, 0.3) is 0 Å². The van der Waals surface area contributed by atoms with Crippen molar-refractivity contribution in [3.8, 4) is 0 Å². The van der Waals surface area contributed by atoms with Gasteiger partial charge in [-0.1, -0.05) is 6.07 Å². The monoisotopic (exact) mass is 421 g/mol. The smallest absolute Gasteiger partial charge is 0.340 e. The average Bonchev–Trinajstić information content (AvgIpc) is 2.73. The highest BCUT2D eigenvalue weighted by Gasteiger charge is 2.26. The van der Waals surface area contributed by atoms with Crippen molar-refractivity contribution in [1.82, 2.24) is 9.29 Å². The Balaban J connectivity index is 1.60. The number of ether oxygens (including phenoxy) is 2. The number of carbonyl (C=O) groups is 2. The molecule has 2 aromatic rings. The molecular weight excluding hydrogens is 402 g/mol. The van der Waals surface area contributed by atoms with Crippen molar-refractivity contribution >= 4 is 27.6 Å². The second-order valence-corrected chi connectivity index (χ2v) is 8.05. The number of esters is 1. The molecule has 1 saturated heterocycles. The molecule has 1 aliphatic rings. The predicted octanol–water partition coefficient (Wildman–Crippen LogP) is 0.191. The topological polar surface area (TPSA) is 135 Å². The van der Waals surface area contributed by atoms with E-state index in [0.717, 1.165) is 6.07 Å². The summed E-state index contributed by atoms with van der Waals surface area (Å²) in [6.45, 7) is 0.615. The van der Waals surface area contributed by atoms with E-state index in [0.29, 0.717) is 13.2 Å². The van der Waals surface area contributed by atoms with Crippen LogP contribution in [-0.2, 0) is 24.3 Å². The van der Waals surface area contributed by atoms with Crippen LogP contribution in [0.2, 0.25) is 0 Å². The third-order valence-corrected chi connectivity index (χ3v) is 5.97. The number of nitrogens with one attached hydrogen (secondary N) is 2. The highest BCUT2D eigenvalue weighted by atomic mass is 32.2. The van der Waals surface area contributed by atoms with Gasteiger partial charge in [-0.2, -0.15) is 4.31 Å². The van der Waals surface area contributed by atoms with Gasteiger partial charge in [0.2, 0.25) is 15.6 Å². The van der Waals surface area contributed by atoms with Crippen LogP contribution in [0.4, 0.5) is 5.69 Å². The first-order valence-electron chi connectivity index (χ1n) is 8.70. The molecule has 2 N–H and O–H groups in total. The van der Waals surface area contributed by atoms with E-state index in [1.54, 1.807) is 0 Å². The Bertz CT molecular complexity index is 1040. The van der Waals surface area contributed by atoms with E-state index in [-0.39, 0.29) is 34.8 Å². The van der Waals surface area contributed by atoms with Crippen molar-refractivity contribution in [3.63, 3.8) is 0 Å². The maximum Gasteiger partial charge on any atom is 0.340 e. The average molecular weight is 421 g/mol. The Kier molecular flexibility index (Phi) is 6.42. The zero-order valence-corrected chi connectivity index (χ0v) is 16.1. The molecule has 10 nitrogen and oxygen atoms in total. The molecule has 0 bridgehead atoms. The number of aromatic nitrogens is 1. The van der Waals surface area contributed by atoms with Crippen molar-refractivity contribution in [3.05, 3.63) is 58.5 Å². The molecule has 0 unspecified atom stereocenters. The molecule has 3 rings (SSSR count). The van der Waals surface area contributed by atoms with Crippen LogP contribution in [0.15, 0.2) is 52.3 Å². The number of aromatic amines is 1. The number of carbonyl (C=O) groups excluding carboxylic acids is 2. The lowest BCUT2D eigenvalue weighted by Crippen LogP contribution is -2.40. The molecule has 0 spiro atoms. The first-order valence-corrected chi connectivity index (χ1v) is 10.1. The maximum atomic E-state index is 12.7. The Labute approximate surface area is 166 Å². The molecule has 1 aromatic carbocycles. The van der Waals surface area contributed by atoms with Gasteiger partial charge in [0.05, 0.1) is 23.7 Å². The second-order valence-electron chi connectivity index (χ2n) is 6.11. The number of hydrogen-bond donors (Lipinski definition) is 2. The molecule has 0 radical (unpaired) electrons. The summed E-state index contributed by atoms with van der Waals surface area (Å²) in [5.41, 5.74) is -0.0216. The lowest BCUT2D eigenvalue weighted by Gasteiger charge is -2.26. The molecule has 1 aromatic heterocycles. The lowest BCUT2D eigenvalue weighted by molar-refractivity contribution is -0.119. The van der Waals surface area contributed by atoms with Crippen LogP contribution in [0.3, 0.4) is 0 Å². The number of anilines is 1. The Morgan fingerprint density at radius 3 is 2.62 bits per heavy atom. The minimum Gasteiger partial charge on any atom is -0.452 e. The number of pyridine rings is 1. The fraction of sp³-hybridized carbons (Fsp3) is 0.278. The van der Waals surface area contributed by atoms with E-state index in [9.17, 15) is 22.8 Å². The second kappa shape index (κ2) is 8.99. The number of H-pyrrole nitrogens is 1. The summed E-state index contributed by atoms with van der Waals surface area (Å²) >= 11 is 0. The number of amides is 1. The fourth-order valence-electron chi connectivity index (χ4n) is 2.62. The zero-order chi connectivity index (χ0) is 20.9. The minimum atomic E-state index is -3.70. The van der Waals surface area contributed by atoms with Gasteiger partial charge < -0.3 is 19.8 Å². The summed E-state index contributed by atoms with van der Waals surface area (Å²) in [4.78, 5) is 37.3. The standard InChI is InChI=1S/C18H19N3O7S/c22-16-5-4-13(11-19-16)18(24)28-12-17(23)20-14-2-1-3-15(10-14)29(25,26)21-6-8-27-9-7-21/h1-5,10-11H,6-9,12H2,(H,19,22)(H,20,23). The number of morpholine rings is 1. The van der Waals surface area contributed by atoms with Crippen molar-refractivity contribution in [2.75, 3.05) is 38.2 Å². The molecule has 0 atom stereocenters.